The molecule has 0 fully saturated rings. The number of rotatable bonds is 3. The van der Waals surface area contributed by atoms with E-state index in [0.29, 0.717) is 5.69 Å². The summed E-state index contributed by atoms with van der Waals surface area (Å²) in [5.74, 6) is -1.28. The zero-order valence-corrected chi connectivity index (χ0v) is 8.73. The van der Waals surface area contributed by atoms with E-state index in [1.54, 1.807) is 0 Å². The fourth-order valence-electron chi connectivity index (χ4n) is 1.24. The topological polar surface area (TPSA) is 61.0 Å². The molecular formula is C11H9F2N3O. The normalized spacial score (nSPS) is 10.3. The van der Waals surface area contributed by atoms with Crippen molar-refractivity contribution in [1.82, 2.24) is 9.97 Å². The fraction of sp³-hybridized carbons (Fsp3) is 0.0909. The molecule has 0 aliphatic heterocycles. The van der Waals surface area contributed by atoms with E-state index in [1.807, 2.05) is 0 Å². The molecule has 0 amide bonds. The van der Waals surface area contributed by atoms with Crippen molar-refractivity contribution >= 4 is 0 Å². The van der Waals surface area contributed by atoms with Gasteiger partial charge in [-0.25, -0.2) is 13.8 Å². The van der Waals surface area contributed by atoms with Gasteiger partial charge in [0.05, 0.1) is 11.9 Å². The molecule has 0 aliphatic rings. The molecule has 0 spiro atoms. The second kappa shape index (κ2) is 4.84. The average molecular weight is 237 g/mol. The summed E-state index contributed by atoms with van der Waals surface area (Å²) in [6.45, 7) is 0.210. The molecule has 2 rings (SSSR count). The van der Waals surface area contributed by atoms with Crippen LogP contribution in [0.4, 0.5) is 8.78 Å². The van der Waals surface area contributed by atoms with Crippen LogP contribution in [0.2, 0.25) is 0 Å². The zero-order valence-electron chi connectivity index (χ0n) is 8.73. The first-order valence-corrected chi connectivity index (χ1v) is 4.82. The number of hydrogen-bond acceptors (Lipinski definition) is 4. The Kier molecular flexibility index (Phi) is 3.24. The lowest BCUT2D eigenvalue weighted by molar-refractivity contribution is 0.447. The van der Waals surface area contributed by atoms with Crippen LogP contribution in [-0.4, -0.2) is 9.97 Å². The minimum atomic E-state index is -0.720. The second-order valence-corrected chi connectivity index (χ2v) is 3.26. The van der Waals surface area contributed by atoms with Gasteiger partial charge in [-0.3, -0.25) is 4.98 Å². The summed E-state index contributed by atoms with van der Waals surface area (Å²) >= 11 is 0. The Balaban J connectivity index is 2.24. The standard InChI is InChI=1S/C11H9F2N3O/c12-7-1-8(13)3-10(2-7)17-11-6-15-5-9(4-14)16-11/h1-3,5-6H,4,14H2. The van der Waals surface area contributed by atoms with Crippen molar-refractivity contribution in [2.45, 2.75) is 6.54 Å². The molecule has 0 aliphatic carbocycles. The summed E-state index contributed by atoms with van der Waals surface area (Å²) in [4.78, 5) is 7.83. The lowest BCUT2D eigenvalue weighted by atomic mass is 10.3. The summed E-state index contributed by atoms with van der Waals surface area (Å²) in [6.07, 6.45) is 2.82. The quantitative estimate of drug-likeness (QED) is 0.886. The molecule has 0 saturated carbocycles. The summed E-state index contributed by atoms with van der Waals surface area (Å²) in [7, 11) is 0. The Morgan fingerprint density at radius 1 is 1.12 bits per heavy atom. The predicted molar refractivity (Wildman–Crippen MR) is 56.4 cm³/mol. The Labute approximate surface area is 96.1 Å². The number of nitrogens with zero attached hydrogens (tertiary/aromatic N) is 2. The number of ether oxygens (including phenoxy) is 1. The van der Waals surface area contributed by atoms with Crippen molar-refractivity contribution < 1.29 is 13.5 Å². The van der Waals surface area contributed by atoms with Gasteiger partial charge in [-0.15, -0.1) is 0 Å². The Morgan fingerprint density at radius 3 is 2.47 bits per heavy atom. The molecule has 0 atom stereocenters. The third kappa shape index (κ3) is 2.94. The molecule has 0 unspecified atom stereocenters. The van der Waals surface area contributed by atoms with Crippen molar-refractivity contribution in [1.29, 1.82) is 0 Å². The van der Waals surface area contributed by atoms with Crippen LogP contribution in [0.3, 0.4) is 0 Å². The first kappa shape index (κ1) is 11.4. The van der Waals surface area contributed by atoms with Crippen LogP contribution in [0.1, 0.15) is 5.69 Å². The smallest absolute Gasteiger partial charge is 0.238 e. The van der Waals surface area contributed by atoms with Gasteiger partial charge in [0.25, 0.3) is 0 Å². The third-order valence-electron chi connectivity index (χ3n) is 1.93. The van der Waals surface area contributed by atoms with E-state index in [2.05, 4.69) is 9.97 Å². The molecular weight excluding hydrogens is 228 g/mol. The minimum absolute atomic E-state index is 0.0194. The number of hydrogen-bond donors (Lipinski definition) is 1. The van der Waals surface area contributed by atoms with Gasteiger partial charge >= 0.3 is 0 Å². The van der Waals surface area contributed by atoms with Crippen molar-refractivity contribution in [2.24, 2.45) is 5.73 Å². The molecule has 1 aromatic carbocycles. The van der Waals surface area contributed by atoms with Crippen LogP contribution in [0, 0.1) is 11.6 Å². The summed E-state index contributed by atoms with van der Waals surface area (Å²) < 4.78 is 31.0. The van der Waals surface area contributed by atoms with Gasteiger partial charge in [-0.2, -0.15) is 0 Å². The highest BCUT2D eigenvalue weighted by Crippen LogP contribution is 2.21. The average Bonchev–Trinajstić information content (AvgIpc) is 2.28. The van der Waals surface area contributed by atoms with Crippen LogP contribution >= 0.6 is 0 Å². The lowest BCUT2D eigenvalue weighted by Crippen LogP contribution is -2.01. The molecule has 1 heterocycles. The Morgan fingerprint density at radius 2 is 1.82 bits per heavy atom. The van der Waals surface area contributed by atoms with Gasteiger partial charge in [-0.05, 0) is 0 Å². The molecule has 17 heavy (non-hydrogen) atoms. The number of aromatic nitrogens is 2. The largest absolute Gasteiger partial charge is 0.437 e. The van der Waals surface area contributed by atoms with Gasteiger partial charge in [0.15, 0.2) is 0 Å². The maximum absolute atomic E-state index is 12.9. The molecule has 88 valence electrons. The monoisotopic (exact) mass is 237 g/mol. The molecule has 0 radical (unpaired) electrons. The van der Waals surface area contributed by atoms with Crippen molar-refractivity contribution in [3.63, 3.8) is 0 Å². The van der Waals surface area contributed by atoms with E-state index in [-0.39, 0.29) is 18.2 Å². The van der Waals surface area contributed by atoms with Gasteiger partial charge in [0.1, 0.15) is 17.4 Å². The van der Waals surface area contributed by atoms with Crippen LogP contribution in [0.25, 0.3) is 0 Å². The number of benzene rings is 1. The van der Waals surface area contributed by atoms with Crippen molar-refractivity contribution in [3.8, 4) is 11.6 Å². The number of nitrogens with two attached hydrogens (primary N) is 1. The van der Waals surface area contributed by atoms with E-state index in [4.69, 9.17) is 10.5 Å². The van der Waals surface area contributed by atoms with Crippen LogP contribution in [-0.2, 0) is 6.54 Å². The SMILES string of the molecule is NCc1cncc(Oc2cc(F)cc(F)c2)n1. The highest BCUT2D eigenvalue weighted by molar-refractivity contribution is 5.27. The lowest BCUT2D eigenvalue weighted by Gasteiger charge is -2.05. The van der Waals surface area contributed by atoms with Crippen molar-refractivity contribution in [3.05, 3.63) is 47.9 Å². The second-order valence-electron chi connectivity index (χ2n) is 3.26. The minimum Gasteiger partial charge on any atom is -0.437 e. The summed E-state index contributed by atoms with van der Waals surface area (Å²) in [5.41, 5.74) is 5.91. The van der Waals surface area contributed by atoms with Crippen LogP contribution in [0.5, 0.6) is 11.6 Å². The van der Waals surface area contributed by atoms with Crippen LogP contribution in [0.15, 0.2) is 30.6 Å². The Hall–Kier alpha value is -2.08. The van der Waals surface area contributed by atoms with E-state index < -0.39 is 11.6 Å². The van der Waals surface area contributed by atoms with E-state index in [9.17, 15) is 8.78 Å². The molecule has 1 aromatic heterocycles. The molecule has 0 bridgehead atoms. The maximum atomic E-state index is 12.9. The molecule has 6 heteroatoms. The van der Waals surface area contributed by atoms with Crippen molar-refractivity contribution in [2.75, 3.05) is 0 Å². The van der Waals surface area contributed by atoms with E-state index in [0.717, 1.165) is 18.2 Å². The third-order valence-corrected chi connectivity index (χ3v) is 1.93. The highest BCUT2D eigenvalue weighted by Gasteiger charge is 2.04. The van der Waals surface area contributed by atoms with Gasteiger partial charge < -0.3 is 10.5 Å². The van der Waals surface area contributed by atoms with E-state index in [1.165, 1.54) is 12.4 Å². The number of halogens is 2. The van der Waals surface area contributed by atoms with E-state index >= 15 is 0 Å². The molecule has 2 N–H and O–H groups in total. The predicted octanol–water partition coefficient (Wildman–Crippen LogP) is 2.01. The first-order valence-electron chi connectivity index (χ1n) is 4.82. The zero-order chi connectivity index (χ0) is 12.3. The Bertz CT molecular complexity index is 514. The summed E-state index contributed by atoms with van der Waals surface area (Å²) in [6, 6.07) is 2.87. The van der Waals surface area contributed by atoms with Gasteiger partial charge in [-0.1, -0.05) is 0 Å². The highest BCUT2D eigenvalue weighted by atomic mass is 19.1. The summed E-state index contributed by atoms with van der Waals surface area (Å²) in [5, 5.41) is 0. The fourth-order valence-corrected chi connectivity index (χ4v) is 1.24. The molecule has 0 saturated heterocycles. The molecule has 2 aromatic rings. The molecule has 4 nitrogen and oxygen atoms in total. The van der Waals surface area contributed by atoms with Gasteiger partial charge in [0.2, 0.25) is 5.88 Å². The van der Waals surface area contributed by atoms with Crippen LogP contribution < -0.4 is 10.5 Å². The van der Waals surface area contributed by atoms with Gasteiger partial charge in [0, 0.05) is 30.9 Å². The first-order chi connectivity index (χ1) is 8.17. The maximum Gasteiger partial charge on any atom is 0.238 e.